The average Bonchev–Trinajstić information content (AvgIpc) is 2.76. The molecule has 1 fully saturated rings. The van der Waals surface area contributed by atoms with Gasteiger partial charge < -0.3 is 38.6 Å². The van der Waals surface area contributed by atoms with Crippen LogP contribution in [0, 0.1) is 0 Å². The Balaban J connectivity index is 2.58. The van der Waals surface area contributed by atoms with Gasteiger partial charge in [0.1, 0.15) is 11.3 Å². The number of carbonyl (C=O) groups excluding carboxylic acids is 4. The van der Waals surface area contributed by atoms with E-state index in [-0.39, 0.29) is 16.9 Å². The average molecular weight is 484 g/mol. The Hall–Kier alpha value is -3.71. The van der Waals surface area contributed by atoms with Gasteiger partial charge in [-0.1, -0.05) is 6.07 Å². The van der Waals surface area contributed by atoms with E-state index in [4.69, 9.17) is 23.7 Å². The fourth-order valence-corrected chi connectivity index (χ4v) is 3.25. The van der Waals surface area contributed by atoms with Crippen molar-refractivity contribution in [3.8, 4) is 5.75 Å². The molecule has 1 saturated heterocycles. The highest BCUT2D eigenvalue weighted by Gasteiger charge is 2.56. The van der Waals surface area contributed by atoms with Crippen LogP contribution in [0.15, 0.2) is 18.2 Å². The minimum atomic E-state index is -1.71. The molecule has 13 nitrogen and oxygen atoms in total. The van der Waals surface area contributed by atoms with Gasteiger partial charge in [0.15, 0.2) is 18.3 Å². The number of carboxylic acids is 1. The predicted molar refractivity (Wildman–Crippen MR) is 107 cm³/mol. The van der Waals surface area contributed by atoms with E-state index >= 15 is 0 Å². The van der Waals surface area contributed by atoms with Gasteiger partial charge in [-0.2, -0.15) is 0 Å². The molecule has 1 aromatic carbocycles. The smallest absolute Gasteiger partial charge is 0.339 e. The van der Waals surface area contributed by atoms with Crippen LogP contribution in [0.25, 0.3) is 0 Å². The molecule has 5 atom stereocenters. The highest BCUT2D eigenvalue weighted by molar-refractivity contribution is 5.91. The Bertz CT molecular complexity index is 956. The molecule has 1 aliphatic rings. The second-order valence-electron chi connectivity index (χ2n) is 7.08. The van der Waals surface area contributed by atoms with E-state index in [1.165, 1.54) is 12.1 Å². The number of benzene rings is 1. The highest BCUT2D eigenvalue weighted by atomic mass is 16.7. The molecule has 0 spiro atoms. The quantitative estimate of drug-likeness (QED) is 0.370. The maximum Gasteiger partial charge on any atom is 0.339 e. The molecule has 186 valence electrons. The Morgan fingerprint density at radius 2 is 1.47 bits per heavy atom. The lowest BCUT2D eigenvalue weighted by molar-refractivity contribution is -0.282. The Morgan fingerprint density at radius 1 is 0.912 bits per heavy atom. The van der Waals surface area contributed by atoms with Crippen LogP contribution < -0.4 is 4.74 Å². The van der Waals surface area contributed by atoms with E-state index in [1.54, 1.807) is 0 Å². The summed E-state index contributed by atoms with van der Waals surface area (Å²) < 4.78 is 31.5. The molecule has 1 heterocycles. The van der Waals surface area contributed by atoms with Crippen molar-refractivity contribution < 1.29 is 62.6 Å². The van der Waals surface area contributed by atoms with Crippen LogP contribution in [0.5, 0.6) is 5.75 Å². The van der Waals surface area contributed by atoms with Crippen LogP contribution in [0.1, 0.15) is 36.7 Å². The Labute approximate surface area is 193 Å². The van der Waals surface area contributed by atoms with Gasteiger partial charge in [0.05, 0.1) is 13.7 Å². The number of aliphatic hydroxyl groups is 1. The van der Waals surface area contributed by atoms with E-state index < -0.39 is 67.2 Å². The van der Waals surface area contributed by atoms with Crippen LogP contribution in [-0.2, 0) is 49.5 Å². The van der Waals surface area contributed by atoms with Gasteiger partial charge in [0.25, 0.3) is 0 Å². The first-order valence-electron chi connectivity index (χ1n) is 9.87. The number of hydrogen-bond donors (Lipinski definition) is 2. The fraction of sp³-hybridized carbons (Fsp3) is 0.476. The monoisotopic (exact) mass is 484 g/mol. The summed E-state index contributed by atoms with van der Waals surface area (Å²) in [6.45, 7) is 2.65. The van der Waals surface area contributed by atoms with Crippen LogP contribution >= 0.6 is 0 Å². The van der Waals surface area contributed by atoms with Crippen molar-refractivity contribution in [2.75, 3.05) is 7.11 Å². The lowest BCUT2D eigenvalue weighted by Gasteiger charge is -2.43. The first-order chi connectivity index (χ1) is 16.0. The second kappa shape index (κ2) is 11.4. The van der Waals surface area contributed by atoms with Crippen molar-refractivity contribution in [2.24, 2.45) is 0 Å². The molecule has 2 N–H and O–H groups in total. The van der Waals surface area contributed by atoms with Crippen LogP contribution in [0.3, 0.4) is 0 Å². The molecular weight excluding hydrogens is 460 g/mol. The van der Waals surface area contributed by atoms with Gasteiger partial charge in [0.2, 0.25) is 12.4 Å². The van der Waals surface area contributed by atoms with Crippen molar-refractivity contribution in [3.05, 3.63) is 29.3 Å². The molecular formula is C21H24O13. The van der Waals surface area contributed by atoms with E-state index in [0.29, 0.717) is 0 Å². The molecule has 0 bridgehead atoms. The lowest BCUT2D eigenvalue weighted by Crippen LogP contribution is -2.64. The summed E-state index contributed by atoms with van der Waals surface area (Å²) in [5.41, 5.74) is -0.108. The standard InChI is InChI=1S/C21H24O13/c1-9(23)30-15-16(31-10(2)24)18(32-11(3)25)21(34-17(15)20(28)29-4)33-14-6-5-12(8-22)7-13(14)19(26)27/h5-7,15-18,21-22H,8H2,1-4H3,(H,26,27)/t15-,16-,17-,18+,21?/m0/s1. The van der Waals surface area contributed by atoms with Gasteiger partial charge in [-0.05, 0) is 17.7 Å². The molecule has 0 aromatic heterocycles. The zero-order valence-corrected chi connectivity index (χ0v) is 18.7. The number of esters is 4. The summed E-state index contributed by atoms with van der Waals surface area (Å²) in [7, 11) is 1.03. The summed E-state index contributed by atoms with van der Waals surface area (Å²) in [6.07, 6.45) is -8.17. The predicted octanol–water partition coefficient (Wildman–Crippen LogP) is -0.0511. The lowest BCUT2D eigenvalue weighted by atomic mass is 9.97. The third-order valence-electron chi connectivity index (χ3n) is 4.53. The normalized spacial score (nSPS) is 23.9. The summed E-state index contributed by atoms with van der Waals surface area (Å²) in [5, 5.41) is 18.8. The third-order valence-corrected chi connectivity index (χ3v) is 4.53. The molecule has 2 rings (SSSR count). The van der Waals surface area contributed by atoms with Crippen molar-refractivity contribution in [1.29, 1.82) is 0 Å². The van der Waals surface area contributed by atoms with Crippen molar-refractivity contribution in [3.63, 3.8) is 0 Å². The summed E-state index contributed by atoms with van der Waals surface area (Å²) >= 11 is 0. The van der Waals surface area contributed by atoms with Crippen LogP contribution in [0.4, 0.5) is 0 Å². The van der Waals surface area contributed by atoms with Crippen molar-refractivity contribution in [2.45, 2.75) is 58.1 Å². The number of methoxy groups -OCH3 is 1. The first-order valence-corrected chi connectivity index (χ1v) is 9.87. The third kappa shape index (κ3) is 6.42. The molecule has 0 amide bonds. The molecule has 1 aliphatic heterocycles. The molecule has 13 heteroatoms. The van der Waals surface area contributed by atoms with Gasteiger partial charge in [-0.3, -0.25) is 14.4 Å². The van der Waals surface area contributed by atoms with Crippen molar-refractivity contribution >= 4 is 29.8 Å². The Morgan fingerprint density at radius 3 is 1.97 bits per heavy atom. The number of carboxylic acid groups (broad SMARTS) is 1. The number of hydrogen-bond acceptors (Lipinski definition) is 12. The van der Waals surface area contributed by atoms with E-state index in [2.05, 4.69) is 4.74 Å². The largest absolute Gasteiger partial charge is 0.478 e. The van der Waals surface area contributed by atoms with Gasteiger partial charge in [0, 0.05) is 20.8 Å². The molecule has 34 heavy (non-hydrogen) atoms. The van der Waals surface area contributed by atoms with E-state index in [0.717, 1.165) is 33.9 Å². The summed E-state index contributed by atoms with van der Waals surface area (Å²) in [5.74, 6) is -5.33. The molecule has 0 saturated carbocycles. The maximum atomic E-state index is 12.4. The molecule has 1 aromatic rings. The van der Waals surface area contributed by atoms with E-state index in [1.807, 2.05) is 0 Å². The van der Waals surface area contributed by atoms with E-state index in [9.17, 15) is 34.2 Å². The molecule has 0 radical (unpaired) electrons. The molecule has 1 unspecified atom stereocenters. The topological polar surface area (TPSA) is 181 Å². The maximum absolute atomic E-state index is 12.4. The van der Waals surface area contributed by atoms with Gasteiger partial charge >= 0.3 is 29.8 Å². The zero-order chi connectivity index (χ0) is 25.6. The number of ether oxygens (including phenoxy) is 6. The summed E-state index contributed by atoms with van der Waals surface area (Å²) in [4.78, 5) is 59.4. The van der Waals surface area contributed by atoms with Crippen molar-refractivity contribution in [1.82, 2.24) is 0 Å². The number of carbonyl (C=O) groups is 5. The Kier molecular flexibility index (Phi) is 8.92. The summed E-state index contributed by atoms with van der Waals surface area (Å²) in [6, 6.07) is 3.73. The van der Waals surface area contributed by atoms with Gasteiger partial charge in [-0.15, -0.1) is 0 Å². The highest BCUT2D eigenvalue weighted by Crippen LogP contribution is 2.32. The van der Waals surface area contributed by atoms with Gasteiger partial charge in [-0.25, -0.2) is 9.59 Å². The minimum absolute atomic E-state index is 0.269. The van der Waals surface area contributed by atoms with Crippen LogP contribution in [0.2, 0.25) is 0 Å². The molecule has 0 aliphatic carbocycles. The first kappa shape index (κ1) is 26.5. The SMILES string of the molecule is COC(=O)[C@H]1OC(Oc2ccc(CO)cc2C(=O)O)[C@H](OC(C)=O)[C@@H](OC(C)=O)[C@@H]1OC(C)=O. The number of rotatable bonds is 8. The second-order valence-corrected chi connectivity index (χ2v) is 7.08. The fourth-order valence-electron chi connectivity index (χ4n) is 3.25. The zero-order valence-electron chi connectivity index (χ0n) is 18.7. The van der Waals surface area contributed by atoms with Crippen LogP contribution in [-0.4, -0.2) is 77.9 Å². The number of aromatic carboxylic acids is 1. The minimum Gasteiger partial charge on any atom is -0.478 e. The number of aliphatic hydroxyl groups excluding tert-OH is 1.